The fraction of sp³-hybridized carbons (Fsp3) is 0.500. The molecule has 0 atom stereocenters. The molecule has 0 bridgehead atoms. The lowest BCUT2D eigenvalue weighted by molar-refractivity contribution is 0.289. The van der Waals surface area contributed by atoms with Crippen molar-refractivity contribution in [1.82, 2.24) is 20.3 Å². The van der Waals surface area contributed by atoms with Crippen molar-refractivity contribution in [3.8, 4) is 5.75 Å². The monoisotopic (exact) mass is 288 g/mol. The van der Waals surface area contributed by atoms with E-state index in [9.17, 15) is 0 Å². The van der Waals surface area contributed by atoms with Gasteiger partial charge in [0.2, 0.25) is 0 Å². The van der Waals surface area contributed by atoms with Crippen LogP contribution in [-0.2, 0) is 13.1 Å². The van der Waals surface area contributed by atoms with E-state index >= 15 is 0 Å². The molecule has 0 saturated heterocycles. The number of hydrogen-bond acceptors (Lipinski definition) is 4. The van der Waals surface area contributed by atoms with E-state index in [-0.39, 0.29) is 0 Å². The minimum atomic E-state index is 0.447. The van der Waals surface area contributed by atoms with Gasteiger partial charge in [-0.2, -0.15) is 0 Å². The van der Waals surface area contributed by atoms with Crippen LogP contribution >= 0.6 is 0 Å². The van der Waals surface area contributed by atoms with Gasteiger partial charge in [0.05, 0.1) is 12.2 Å². The first-order chi connectivity index (χ1) is 10.0. The van der Waals surface area contributed by atoms with Crippen LogP contribution in [0.15, 0.2) is 24.4 Å². The van der Waals surface area contributed by atoms with Gasteiger partial charge in [0, 0.05) is 18.8 Å². The van der Waals surface area contributed by atoms with E-state index in [0.29, 0.717) is 19.2 Å². The van der Waals surface area contributed by atoms with Crippen molar-refractivity contribution >= 4 is 0 Å². The quantitative estimate of drug-likeness (QED) is 0.850. The van der Waals surface area contributed by atoms with Gasteiger partial charge in [-0.25, -0.2) is 4.68 Å². The first-order valence-corrected chi connectivity index (χ1v) is 7.37. The topological polar surface area (TPSA) is 52.0 Å². The van der Waals surface area contributed by atoms with Crippen LogP contribution in [0.3, 0.4) is 0 Å². The van der Waals surface area contributed by atoms with E-state index < -0.39 is 0 Å². The highest BCUT2D eigenvalue weighted by atomic mass is 16.5. The summed E-state index contributed by atoms with van der Waals surface area (Å²) in [6.45, 7) is 10.4. The Hall–Kier alpha value is -1.88. The zero-order valence-electron chi connectivity index (χ0n) is 13.3. The maximum absolute atomic E-state index is 5.75. The Morgan fingerprint density at radius 2 is 2.05 bits per heavy atom. The average molecular weight is 288 g/mol. The summed E-state index contributed by atoms with van der Waals surface area (Å²) in [6, 6.07) is 6.59. The van der Waals surface area contributed by atoms with E-state index in [4.69, 9.17) is 4.74 Å². The van der Waals surface area contributed by atoms with Gasteiger partial charge in [-0.3, -0.25) is 0 Å². The third-order valence-electron chi connectivity index (χ3n) is 3.35. The van der Waals surface area contributed by atoms with Crippen LogP contribution in [0.2, 0.25) is 0 Å². The predicted molar refractivity (Wildman–Crippen MR) is 83.4 cm³/mol. The molecule has 5 nitrogen and oxygen atoms in total. The minimum absolute atomic E-state index is 0.447. The van der Waals surface area contributed by atoms with Crippen LogP contribution in [0.5, 0.6) is 5.75 Å². The lowest BCUT2D eigenvalue weighted by Crippen LogP contribution is -2.21. The summed E-state index contributed by atoms with van der Waals surface area (Å²) in [5.41, 5.74) is 3.48. The second kappa shape index (κ2) is 7.22. The van der Waals surface area contributed by atoms with Crippen molar-refractivity contribution < 1.29 is 4.74 Å². The number of nitrogens with zero attached hydrogens (tertiary/aromatic N) is 3. The Morgan fingerprint density at radius 3 is 2.76 bits per heavy atom. The number of aryl methyl sites for hydroxylation is 2. The molecule has 0 spiro atoms. The first-order valence-electron chi connectivity index (χ1n) is 7.37. The Balaban J connectivity index is 1.79. The molecule has 2 rings (SSSR count). The molecule has 1 N–H and O–H groups in total. The Kier molecular flexibility index (Phi) is 5.33. The second-order valence-electron chi connectivity index (χ2n) is 5.60. The number of aromatic nitrogens is 3. The molecular formula is C16H24N4O. The number of benzene rings is 1. The number of hydrogen-bond donors (Lipinski definition) is 1. The molecule has 1 aromatic carbocycles. The fourth-order valence-electron chi connectivity index (χ4n) is 1.90. The molecule has 21 heavy (non-hydrogen) atoms. The summed E-state index contributed by atoms with van der Waals surface area (Å²) < 4.78 is 7.57. The Bertz CT molecular complexity index is 577. The smallest absolute Gasteiger partial charge is 0.119 e. The first kappa shape index (κ1) is 15.5. The molecule has 0 saturated carbocycles. The van der Waals surface area contributed by atoms with Crippen LogP contribution in [0.1, 0.15) is 30.7 Å². The molecule has 0 unspecified atom stereocenters. The minimum Gasteiger partial charge on any atom is -0.492 e. The highest BCUT2D eigenvalue weighted by Gasteiger charge is 2.02. The normalized spacial score (nSPS) is 11.1. The summed E-state index contributed by atoms with van der Waals surface area (Å²) in [6.07, 6.45) is 1.96. The van der Waals surface area contributed by atoms with Crippen molar-refractivity contribution in [3.05, 3.63) is 41.2 Å². The second-order valence-corrected chi connectivity index (χ2v) is 5.60. The molecule has 0 radical (unpaired) electrons. The molecule has 1 aromatic heterocycles. The highest BCUT2D eigenvalue weighted by Crippen LogP contribution is 2.16. The molecule has 0 aliphatic carbocycles. The van der Waals surface area contributed by atoms with Gasteiger partial charge in [0.15, 0.2) is 0 Å². The van der Waals surface area contributed by atoms with E-state index in [1.54, 1.807) is 0 Å². The number of nitrogens with one attached hydrogen (secondary N) is 1. The predicted octanol–water partition coefficient (Wildman–Crippen LogP) is 2.47. The van der Waals surface area contributed by atoms with Crippen molar-refractivity contribution in [3.63, 3.8) is 0 Å². The van der Waals surface area contributed by atoms with Crippen LogP contribution in [0.4, 0.5) is 0 Å². The molecule has 5 heteroatoms. The SMILES string of the molecule is Cc1ccc(OCCn2cc(CNC(C)C)nn2)cc1C. The third kappa shape index (κ3) is 4.86. The van der Waals surface area contributed by atoms with Gasteiger partial charge in [-0.1, -0.05) is 25.1 Å². The summed E-state index contributed by atoms with van der Waals surface area (Å²) in [5, 5.41) is 11.6. The maximum Gasteiger partial charge on any atom is 0.119 e. The van der Waals surface area contributed by atoms with E-state index in [1.165, 1.54) is 11.1 Å². The van der Waals surface area contributed by atoms with Gasteiger partial charge in [-0.15, -0.1) is 5.10 Å². The van der Waals surface area contributed by atoms with Crippen molar-refractivity contribution in [2.75, 3.05) is 6.61 Å². The fourth-order valence-corrected chi connectivity index (χ4v) is 1.90. The van der Waals surface area contributed by atoms with E-state index in [0.717, 1.165) is 18.0 Å². The highest BCUT2D eigenvalue weighted by molar-refractivity contribution is 5.33. The molecule has 0 aliphatic heterocycles. The third-order valence-corrected chi connectivity index (χ3v) is 3.35. The standard InChI is InChI=1S/C16H24N4O/c1-12(2)17-10-15-11-20(19-18-15)7-8-21-16-6-5-13(3)14(4)9-16/h5-6,9,11-12,17H,7-8,10H2,1-4H3. The largest absolute Gasteiger partial charge is 0.492 e. The summed E-state index contributed by atoms with van der Waals surface area (Å²) in [4.78, 5) is 0. The molecule has 114 valence electrons. The van der Waals surface area contributed by atoms with Crippen LogP contribution in [0.25, 0.3) is 0 Å². The average Bonchev–Trinajstić information content (AvgIpc) is 2.88. The zero-order valence-corrected chi connectivity index (χ0v) is 13.3. The lowest BCUT2D eigenvalue weighted by Gasteiger charge is -2.08. The zero-order chi connectivity index (χ0) is 15.2. The van der Waals surface area contributed by atoms with Gasteiger partial charge in [-0.05, 0) is 37.1 Å². The van der Waals surface area contributed by atoms with Crippen LogP contribution < -0.4 is 10.1 Å². The molecule has 1 heterocycles. The van der Waals surface area contributed by atoms with Crippen LogP contribution in [-0.4, -0.2) is 27.6 Å². The van der Waals surface area contributed by atoms with Gasteiger partial charge in [0.25, 0.3) is 0 Å². The Labute approximate surface area is 126 Å². The number of ether oxygens (including phenoxy) is 1. The van der Waals surface area contributed by atoms with E-state index in [1.807, 2.05) is 16.9 Å². The van der Waals surface area contributed by atoms with E-state index in [2.05, 4.69) is 55.5 Å². The van der Waals surface area contributed by atoms with Crippen molar-refractivity contribution in [1.29, 1.82) is 0 Å². The molecule has 0 fully saturated rings. The van der Waals surface area contributed by atoms with Crippen molar-refractivity contribution in [2.45, 2.75) is 46.8 Å². The summed E-state index contributed by atoms with van der Waals surface area (Å²) >= 11 is 0. The molecular weight excluding hydrogens is 264 g/mol. The van der Waals surface area contributed by atoms with Gasteiger partial charge < -0.3 is 10.1 Å². The summed E-state index contributed by atoms with van der Waals surface area (Å²) in [7, 11) is 0. The van der Waals surface area contributed by atoms with Gasteiger partial charge in [0.1, 0.15) is 12.4 Å². The Morgan fingerprint density at radius 1 is 1.24 bits per heavy atom. The van der Waals surface area contributed by atoms with Crippen LogP contribution in [0, 0.1) is 13.8 Å². The van der Waals surface area contributed by atoms with Gasteiger partial charge >= 0.3 is 0 Å². The summed E-state index contributed by atoms with van der Waals surface area (Å²) in [5.74, 6) is 0.903. The molecule has 0 amide bonds. The molecule has 0 aliphatic rings. The maximum atomic E-state index is 5.75. The number of rotatable bonds is 7. The van der Waals surface area contributed by atoms with Crippen molar-refractivity contribution in [2.24, 2.45) is 0 Å². The molecule has 2 aromatic rings. The lowest BCUT2D eigenvalue weighted by atomic mass is 10.1.